The monoisotopic (exact) mass is 276 g/mol. The predicted molar refractivity (Wildman–Crippen MR) is 76.1 cm³/mol. The van der Waals surface area contributed by atoms with Crippen LogP contribution in [0.5, 0.6) is 11.5 Å². The SMILES string of the molecule is Cc1nccn1CCCOc1ccc(OCCO)cc1. The Morgan fingerprint density at radius 2 is 1.75 bits per heavy atom. The molecule has 0 radical (unpaired) electrons. The maximum absolute atomic E-state index is 8.67. The van der Waals surface area contributed by atoms with Gasteiger partial charge in [-0.3, -0.25) is 0 Å². The zero-order chi connectivity index (χ0) is 14.2. The van der Waals surface area contributed by atoms with Crippen molar-refractivity contribution in [3.63, 3.8) is 0 Å². The first kappa shape index (κ1) is 14.4. The minimum absolute atomic E-state index is 0.0198. The smallest absolute Gasteiger partial charge is 0.119 e. The van der Waals surface area contributed by atoms with E-state index in [9.17, 15) is 0 Å². The minimum atomic E-state index is 0.0198. The molecule has 1 N–H and O–H groups in total. The third kappa shape index (κ3) is 4.28. The molecule has 1 heterocycles. The number of ether oxygens (including phenoxy) is 2. The number of imidazole rings is 1. The number of aliphatic hydroxyl groups is 1. The Balaban J connectivity index is 1.70. The molecule has 2 aromatic rings. The first-order chi connectivity index (χ1) is 9.79. The van der Waals surface area contributed by atoms with Gasteiger partial charge in [0.25, 0.3) is 0 Å². The second kappa shape index (κ2) is 7.55. The zero-order valence-corrected chi connectivity index (χ0v) is 11.7. The Kier molecular flexibility index (Phi) is 5.43. The average molecular weight is 276 g/mol. The van der Waals surface area contributed by atoms with Crippen molar-refractivity contribution in [1.29, 1.82) is 0 Å². The van der Waals surface area contributed by atoms with Crippen LogP contribution < -0.4 is 9.47 Å². The maximum Gasteiger partial charge on any atom is 0.119 e. The molecule has 20 heavy (non-hydrogen) atoms. The number of aliphatic hydroxyl groups excluding tert-OH is 1. The summed E-state index contributed by atoms with van der Waals surface area (Å²) in [6, 6.07) is 7.42. The highest BCUT2D eigenvalue weighted by molar-refractivity contribution is 5.31. The number of hydrogen-bond acceptors (Lipinski definition) is 4. The number of aryl methyl sites for hydroxylation is 2. The molecule has 0 amide bonds. The lowest BCUT2D eigenvalue weighted by molar-refractivity contribution is 0.201. The van der Waals surface area contributed by atoms with Gasteiger partial charge in [-0.05, 0) is 37.6 Å². The second-order valence-electron chi connectivity index (χ2n) is 4.41. The summed E-state index contributed by atoms with van der Waals surface area (Å²) in [7, 11) is 0. The highest BCUT2D eigenvalue weighted by Crippen LogP contribution is 2.17. The molecule has 1 aromatic heterocycles. The largest absolute Gasteiger partial charge is 0.494 e. The van der Waals surface area contributed by atoms with E-state index >= 15 is 0 Å². The van der Waals surface area contributed by atoms with E-state index in [1.807, 2.05) is 37.4 Å². The van der Waals surface area contributed by atoms with Crippen molar-refractivity contribution in [2.45, 2.75) is 19.9 Å². The van der Waals surface area contributed by atoms with E-state index in [1.165, 1.54) is 0 Å². The van der Waals surface area contributed by atoms with Crippen molar-refractivity contribution in [1.82, 2.24) is 9.55 Å². The lowest BCUT2D eigenvalue weighted by Crippen LogP contribution is -2.05. The number of aromatic nitrogens is 2. The third-order valence-corrected chi connectivity index (χ3v) is 2.92. The normalized spacial score (nSPS) is 10.5. The van der Waals surface area contributed by atoms with Crippen LogP contribution in [-0.2, 0) is 6.54 Å². The highest BCUT2D eigenvalue weighted by atomic mass is 16.5. The van der Waals surface area contributed by atoms with E-state index in [4.69, 9.17) is 14.6 Å². The van der Waals surface area contributed by atoms with Crippen LogP contribution in [0, 0.1) is 6.92 Å². The molecule has 0 spiro atoms. The van der Waals surface area contributed by atoms with Crippen LogP contribution in [0.25, 0.3) is 0 Å². The van der Waals surface area contributed by atoms with Gasteiger partial charge in [-0.25, -0.2) is 4.98 Å². The number of nitrogens with zero attached hydrogens (tertiary/aromatic N) is 2. The lowest BCUT2D eigenvalue weighted by Gasteiger charge is -2.09. The zero-order valence-electron chi connectivity index (χ0n) is 11.7. The molecule has 0 bridgehead atoms. The van der Waals surface area contributed by atoms with Gasteiger partial charge in [-0.2, -0.15) is 0 Å². The maximum atomic E-state index is 8.67. The van der Waals surface area contributed by atoms with Crippen LogP contribution >= 0.6 is 0 Å². The highest BCUT2D eigenvalue weighted by Gasteiger charge is 1.98. The summed E-state index contributed by atoms with van der Waals surface area (Å²) in [5.74, 6) is 2.58. The number of hydrogen-bond donors (Lipinski definition) is 1. The molecule has 0 fully saturated rings. The van der Waals surface area contributed by atoms with Crippen LogP contribution in [0.4, 0.5) is 0 Å². The van der Waals surface area contributed by atoms with Gasteiger partial charge in [0.1, 0.15) is 23.9 Å². The molecule has 1 aromatic carbocycles. The molecule has 0 aliphatic carbocycles. The molecular weight excluding hydrogens is 256 g/mol. The van der Waals surface area contributed by atoms with Crippen molar-refractivity contribution >= 4 is 0 Å². The molecule has 0 unspecified atom stereocenters. The van der Waals surface area contributed by atoms with E-state index in [1.54, 1.807) is 6.20 Å². The van der Waals surface area contributed by atoms with Gasteiger partial charge in [-0.1, -0.05) is 0 Å². The number of rotatable bonds is 8. The van der Waals surface area contributed by atoms with Gasteiger partial charge >= 0.3 is 0 Å². The summed E-state index contributed by atoms with van der Waals surface area (Å²) in [6.07, 6.45) is 4.71. The number of benzene rings is 1. The first-order valence-electron chi connectivity index (χ1n) is 6.74. The molecule has 5 nitrogen and oxygen atoms in total. The summed E-state index contributed by atoms with van der Waals surface area (Å²) in [5, 5.41) is 8.67. The van der Waals surface area contributed by atoms with Crippen molar-refractivity contribution < 1.29 is 14.6 Å². The van der Waals surface area contributed by atoms with Crippen molar-refractivity contribution in [2.75, 3.05) is 19.8 Å². The predicted octanol–water partition coefficient (Wildman–Crippen LogP) is 2.03. The summed E-state index contributed by atoms with van der Waals surface area (Å²) >= 11 is 0. The summed E-state index contributed by atoms with van der Waals surface area (Å²) in [5.41, 5.74) is 0. The van der Waals surface area contributed by atoms with Gasteiger partial charge in [0.15, 0.2) is 0 Å². The lowest BCUT2D eigenvalue weighted by atomic mass is 10.3. The van der Waals surface area contributed by atoms with Crippen LogP contribution in [0.2, 0.25) is 0 Å². The fraction of sp³-hybridized carbons (Fsp3) is 0.400. The van der Waals surface area contributed by atoms with E-state index in [-0.39, 0.29) is 6.61 Å². The standard InChI is InChI=1S/C15H20N2O3/c1-13-16-7-9-17(13)8-2-11-19-14-3-5-15(6-4-14)20-12-10-18/h3-7,9,18H,2,8,10-12H2,1H3. The molecule has 2 rings (SSSR count). The Hall–Kier alpha value is -2.01. The van der Waals surface area contributed by atoms with E-state index < -0.39 is 0 Å². The van der Waals surface area contributed by atoms with Gasteiger partial charge in [0.2, 0.25) is 0 Å². The van der Waals surface area contributed by atoms with Gasteiger partial charge in [0, 0.05) is 18.9 Å². The second-order valence-corrected chi connectivity index (χ2v) is 4.41. The van der Waals surface area contributed by atoms with Crippen LogP contribution in [0.3, 0.4) is 0 Å². The van der Waals surface area contributed by atoms with Crippen molar-refractivity contribution in [2.24, 2.45) is 0 Å². The molecule has 108 valence electrons. The molecule has 0 saturated heterocycles. The van der Waals surface area contributed by atoms with Crippen LogP contribution in [-0.4, -0.2) is 34.5 Å². The van der Waals surface area contributed by atoms with Gasteiger partial charge in [0.05, 0.1) is 13.2 Å². The van der Waals surface area contributed by atoms with E-state index in [0.29, 0.717) is 13.2 Å². The van der Waals surface area contributed by atoms with Crippen LogP contribution in [0.15, 0.2) is 36.7 Å². The quantitative estimate of drug-likeness (QED) is 0.750. The van der Waals surface area contributed by atoms with Crippen molar-refractivity contribution in [3.8, 4) is 11.5 Å². The third-order valence-electron chi connectivity index (χ3n) is 2.92. The molecular formula is C15H20N2O3. The molecule has 0 aliphatic rings. The summed E-state index contributed by atoms with van der Waals surface area (Å²) < 4.78 is 13.1. The Morgan fingerprint density at radius 1 is 1.10 bits per heavy atom. The molecule has 0 atom stereocenters. The van der Waals surface area contributed by atoms with Gasteiger partial charge in [-0.15, -0.1) is 0 Å². The summed E-state index contributed by atoms with van der Waals surface area (Å²) in [6.45, 7) is 3.89. The molecule has 0 saturated carbocycles. The van der Waals surface area contributed by atoms with E-state index in [2.05, 4.69) is 9.55 Å². The molecule has 0 aliphatic heterocycles. The summed E-state index contributed by atoms with van der Waals surface area (Å²) in [4.78, 5) is 4.18. The Labute approximate surface area is 118 Å². The minimum Gasteiger partial charge on any atom is -0.494 e. The fourth-order valence-electron chi connectivity index (χ4n) is 1.86. The fourth-order valence-corrected chi connectivity index (χ4v) is 1.86. The molecule has 5 heteroatoms. The van der Waals surface area contributed by atoms with Crippen molar-refractivity contribution in [3.05, 3.63) is 42.5 Å². The van der Waals surface area contributed by atoms with Gasteiger partial charge < -0.3 is 19.1 Å². The average Bonchev–Trinajstić information content (AvgIpc) is 2.88. The van der Waals surface area contributed by atoms with Crippen LogP contribution in [0.1, 0.15) is 12.2 Å². The first-order valence-corrected chi connectivity index (χ1v) is 6.74. The van der Waals surface area contributed by atoms with E-state index in [0.717, 1.165) is 30.3 Å². The topological polar surface area (TPSA) is 56.5 Å². The Bertz CT molecular complexity index is 508. The Morgan fingerprint density at radius 3 is 2.30 bits per heavy atom.